The second-order valence-electron chi connectivity index (χ2n) is 4.51. The van der Waals surface area contributed by atoms with E-state index < -0.39 is 17.9 Å². The van der Waals surface area contributed by atoms with Gasteiger partial charge in [-0.1, -0.05) is 0 Å². The maximum Gasteiger partial charge on any atom is 0.356 e. The Bertz CT molecular complexity index is 668. The number of hydrogen-bond donors (Lipinski definition) is 0. The van der Waals surface area contributed by atoms with Gasteiger partial charge < -0.3 is 18.8 Å². The van der Waals surface area contributed by atoms with Crippen LogP contribution in [-0.2, 0) is 32.5 Å². The highest BCUT2D eigenvalue weighted by Crippen LogP contribution is 2.25. The number of carbonyl (C=O) groups excluding carboxylic acids is 3. The molecule has 0 bridgehead atoms. The number of nitriles is 1. The van der Waals surface area contributed by atoms with Gasteiger partial charge in [-0.2, -0.15) is 5.26 Å². The van der Waals surface area contributed by atoms with Gasteiger partial charge in [0.2, 0.25) is 0 Å². The first-order valence-corrected chi connectivity index (χ1v) is 6.86. The summed E-state index contributed by atoms with van der Waals surface area (Å²) in [6.45, 7) is 1.78. The zero-order valence-electron chi connectivity index (χ0n) is 13.5. The molecule has 0 saturated carbocycles. The van der Waals surface area contributed by atoms with Crippen LogP contribution in [0.15, 0.2) is 0 Å². The topological polar surface area (TPSA) is 108 Å². The predicted molar refractivity (Wildman–Crippen MR) is 77.8 cm³/mol. The molecule has 1 heterocycles. The molecule has 0 unspecified atom stereocenters. The van der Waals surface area contributed by atoms with Crippen molar-refractivity contribution in [3.63, 3.8) is 0 Å². The summed E-state index contributed by atoms with van der Waals surface area (Å²) < 4.78 is 15.5. The average molecular weight is 322 g/mol. The second-order valence-corrected chi connectivity index (χ2v) is 4.51. The molecule has 0 radical (unpaired) electrons. The van der Waals surface area contributed by atoms with Gasteiger partial charge in [-0.05, 0) is 13.3 Å². The van der Waals surface area contributed by atoms with Gasteiger partial charge in [-0.15, -0.1) is 0 Å². The summed E-state index contributed by atoms with van der Waals surface area (Å²) in [6.07, 6.45) is 0.0246. The number of esters is 3. The smallest absolute Gasteiger partial charge is 0.356 e. The average Bonchev–Trinajstić information content (AvgIpc) is 2.83. The van der Waals surface area contributed by atoms with Gasteiger partial charge in [-0.25, -0.2) is 9.59 Å². The van der Waals surface area contributed by atoms with Crippen LogP contribution in [0, 0.1) is 11.3 Å². The molecule has 0 aliphatic heterocycles. The summed E-state index contributed by atoms with van der Waals surface area (Å²) in [5.74, 6) is -1.92. The molecule has 0 atom stereocenters. The van der Waals surface area contributed by atoms with E-state index in [2.05, 4.69) is 9.47 Å². The minimum atomic E-state index is -0.751. The van der Waals surface area contributed by atoms with E-state index in [9.17, 15) is 19.6 Å². The number of aromatic nitrogens is 1. The SMILES string of the molecule is CCOC(=O)c1c(CCC(=O)OC)c(C#N)c(C(=O)OC)n1C. The largest absolute Gasteiger partial charge is 0.469 e. The number of rotatable bonds is 6. The van der Waals surface area contributed by atoms with Crippen molar-refractivity contribution in [2.75, 3.05) is 20.8 Å². The summed E-state index contributed by atoms with van der Waals surface area (Å²) in [6, 6.07) is 1.90. The van der Waals surface area contributed by atoms with Gasteiger partial charge in [0, 0.05) is 19.0 Å². The van der Waals surface area contributed by atoms with Crippen LogP contribution in [0.25, 0.3) is 0 Å². The summed E-state index contributed by atoms with van der Waals surface area (Å²) in [4.78, 5) is 35.4. The lowest BCUT2D eigenvalue weighted by Gasteiger charge is -2.07. The third-order valence-corrected chi connectivity index (χ3v) is 3.26. The fourth-order valence-corrected chi connectivity index (χ4v) is 2.23. The molecule has 0 aliphatic rings. The molecule has 8 nitrogen and oxygen atoms in total. The van der Waals surface area contributed by atoms with Crippen LogP contribution in [0.5, 0.6) is 0 Å². The zero-order chi connectivity index (χ0) is 17.6. The van der Waals surface area contributed by atoms with Crippen LogP contribution in [0.2, 0.25) is 0 Å². The maximum absolute atomic E-state index is 12.2. The Hall–Kier alpha value is -2.82. The zero-order valence-corrected chi connectivity index (χ0v) is 13.5. The van der Waals surface area contributed by atoms with Crippen LogP contribution in [0.1, 0.15) is 45.4 Å². The Morgan fingerprint density at radius 2 is 1.78 bits per heavy atom. The second kappa shape index (κ2) is 7.98. The van der Waals surface area contributed by atoms with E-state index >= 15 is 0 Å². The fourth-order valence-electron chi connectivity index (χ4n) is 2.23. The van der Waals surface area contributed by atoms with Gasteiger partial charge in [-0.3, -0.25) is 4.79 Å². The molecular weight excluding hydrogens is 304 g/mol. The number of hydrogen-bond acceptors (Lipinski definition) is 7. The van der Waals surface area contributed by atoms with Crippen LogP contribution in [-0.4, -0.2) is 43.3 Å². The molecule has 0 aliphatic carbocycles. The van der Waals surface area contributed by atoms with E-state index in [1.807, 2.05) is 6.07 Å². The molecule has 8 heteroatoms. The Kier molecular flexibility index (Phi) is 6.33. The Balaban J connectivity index is 3.48. The van der Waals surface area contributed by atoms with Gasteiger partial charge in [0.05, 0.1) is 26.4 Å². The lowest BCUT2D eigenvalue weighted by Crippen LogP contribution is -2.15. The van der Waals surface area contributed by atoms with Crippen molar-refractivity contribution in [1.29, 1.82) is 5.26 Å². The van der Waals surface area contributed by atoms with E-state index in [-0.39, 0.29) is 42.0 Å². The lowest BCUT2D eigenvalue weighted by molar-refractivity contribution is -0.140. The van der Waals surface area contributed by atoms with E-state index in [1.165, 1.54) is 25.8 Å². The molecule has 0 saturated heterocycles. The van der Waals surface area contributed by atoms with Crippen LogP contribution >= 0.6 is 0 Å². The minimum absolute atomic E-state index is 0.00805. The van der Waals surface area contributed by atoms with Crippen molar-refractivity contribution >= 4 is 17.9 Å². The van der Waals surface area contributed by atoms with E-state index in [0.717, 1.165) is 0 Å². The Morgan fingerprint density at radius 1 is 1.13 bits per heavy atom. The van der Waals surface area contributed by atoms with E-state index in [0.29, 0.717) is 0 Å². The van der Waals surface area contributed by atoms with Crippen molar-refractivity contribution in [2.45, 2.75) is 19.8 Å². The molecule has 23 heavy (non-hydrogen) atoms. The molecule has 0 amide bonds. The predicted octanol–water partition coefficient (Wildman–Crippen LogP) is 0.966. The summed E-state index contributed by atoms with van der Waals surface area (Å²) in [5.41, 5.74) is 0.246. The van der Waals surface area contributed by atoms with Gasteiger partial charge >= 0.3 is 17.9 Å². The van der Waals surface area contributed by atoms with Gasteiger partial charge in [0.1, 0.15) is 17.5 Å². The first-order valence-electron chi connectivity index (χ1n) is 6.86. The molecule has 0 fully saturated rings. The molecule has 1 rings (SSSR count). The van der Waals surface area contributed by atoms with Crippen molar-refractivity contribution in [3.05, 3.63) is 22.5 Å². The highest BCUT2D eigenvalue weighted by Gasteiger charge is 2.30. The maximum atomic E-state index is 12.2. The molecule has 0 spiro atoms. The fraction of sp³-hybridized carbons (Fsp3) is 0.467. The molecule has 0 N–H and O–H groups in total. The van der Waals surface area contributed by atoms with Gasteiger partial charge in [0.15, 0.2) is 0 Å². The molecule has 1 aromatic heterocycles. The summed E-state index contributed by atoms with van der Waals surface area (Å²) in [7, 11) is 3.88. The van der Waals surface area contributed by atoms with Crippen LogP contribution < -0.4 is 0 Å². The normalized spacial score (nSPS) is 9.87. The number of ether oxygens (including phenoxy) is 3. The van der Waals surface area contributed by atoms with Crippen molar-refractivity contribution < 1.29 is 28.6 Å². The lowest BCUT2D eigenvalue weighted by atomic mass is 10.0. The number of nitrogens with zero attached hydrogens (tertiary/aromatic N) is 2. The molecule has 124 valence electrons. The monoisotopic (exact) mass is 322 g/mol. The van der Waals surface area contributed by atoms with Crippen molar-refractivity contribution in [2.24, 2.45) is 7.05 Å². The van der Waals surface area contributed by atoms with E-state index in [1.54, 1.807) is 6.92 Å². The molecule has 1 aromatic rings. The highest BCUT2D eigenvalue weighted by atomic mass is 16.5. The molecule has 0 aromatic carbocycles. The Labute approximate surface area is 133 Å². The first-order chi connectivity index (χ1) is 10.9. The quantitative estimate of drug-likeness (QED) is 0.567. The first kappa shape index (κ1) is 18.2. The van der Waals surface area contributed by atoms with Crippen molar-refractivity contribution in [1.82, 2.24) is 4.57 Å². The van der Waals surface area contributed by atoms with Crippen molar-refractivity contribution in [3.8, 4) is 6.07 Å². The summed E-state index contributed by atoms with van der Waals surface area (Å²) >= 11 is 0. The molecular formula is C15H18N2O6. The standard InChI is InChI=1S/C15H18N2O6/c1-5-23-15(20)12-9(6-7-11(18)21-3)10(8-16)13(17(12)2)14(19)22-4/h5-7H2,1-4H3. The third-order valence-electron chi connectivity index (χ3n) is 3.26. The van der Waals surface area contributed by atoms with E-state index in [4.69, 9.17) is 4.74 Å². The minimum Gasteiger partial charge on any atom is -0.469 e. The van der Waals surface area contributed by atoms with Crippen LogP contribution in [0.4, 0.5) is 0 Å². The third kappa shape index (κ3) is 3.69. The van der Waals surface area contributed by atoms with Gasteiger partial charge in [0.25, 0.3) is 0 Å². The number of methoxy groups -OCH3 is 2. The Morgan fingerprint density at radius 3 is 2.26 bits per heavy atom. The van der Waals surface area contributed by atoms with Crippen LogP contribution in [0.3, 0.4) is 0 Å². The highest BCUT2D eigenvalue weighted by molar-refractivity contribution is 5.97. The number of carbonyl (C=O) groups is 3. The summed E-state index contributed by atoms with van der Waals surface area (Å²) in [5, 5.41) is 9.38.